The van der Waals surface area contributed by atoms with Gasteiger partial charge in [-0.2, -0.15) is 0 Å². The molecule has 3 N–H and O–H groups in total. The molecular weight excluding hydrogens is 398 g/mol. The van der Waals surface area contributed by atoms with Crippen molar-refractivity contribution in [2.24, 2.45) is 0 Å². The third-order valence-corrected chi connectivity index (χ3v) is 5.31. The molecule has 4 heterocycles. The van der Waals surface area contributed by atoms with Crippen molar-refractivity contribution in [1.82, 2.24) is 29.9 Å². The number of aliphatic hydroxyl groups is 1. The summed E-state index contributed by atoms with van der Waals surface area (Å²) < 4.78 is 0. The molecule has 0 aliphatic carbocycles. The molecule has 4 aromatic rings. The lowest BCUT2D eigenvalue weighted by molar-refractivity contribution is 0.208. The number of anilines is 1. The Balaban J connectivity index is 1.75. The molecule has 28 heavy (non-hydrogen) atoms. The maximum atomic E-state index is 9.64. The van der Waals surface area contributed by atoms with Crippen molar-refractivity contribution in [2.45, 2.75) is 36.4 Å². The van der Waals surface area contributed by atoms with E-state index in [1.54, 1.807) is 25.5 Å². The van der Waals surface area contributed by atoms with Gasteiger partial charge in [0.2, 0.25) is 0 Å². The first kappa shape index (κ1) is 18.9. The maximum Gasteiger partial charge on any atom is 0.196 e. The van der Waals surface area contributed by atoms with Crippen LogP contribution in [0, 0.1) is 0 Å². The predicted octanol–water partition coefficient (Wildman–Crippen LogP) is 3.46. The summed E-state index contributed by atoms with van der Waals surface area (Å²) in [6.45, 7) is 4.08. The van der Waals surface area contributed by atoms with E-state index < -0.39 is 6.10 Å². The maximum absolute atomic E-state index is 9.64. The average molecular weight is 416 g/mol. The molecule has 1 atom stereocenters. The summed E-state index contributed by atoms with van der Waals surface area (Å²) in [5.41, 5.74) is 2.85. The lowest BCUT2D eigenvalue weighted by atomic mass is 10.3. The fraction of sp³-hybridized carbons (Fsp3) is 0.278. The van der Waals surface area contributed by atoms with Crippen LogP contribution >= 0.6 is 23.4 Å². The van der Waals surface area contributed by atoms with Crippen LogP contribution in [0.5, 0.6) is 0 Å². The highest BCUT2D eigenvalue weighted by atomic mass is 35.5. The molecule has 0 saturated carbocycles. The van der Waals surface area contributed by atoms with Crippen LogP contribution in [-0.4, -0.2) is 47.7 Å². The molecule has 0 spiro atoms. The number of H-pyrrole nitrogens is 1. The lowest BCUT2D eigenvalue weighted by Gasteiger charge is -2.10. The van der Waals surface area contributed by atoms with Gasteiger partial charge in [0.05, 0.1) is 16.5 Å². The Labute approximate surface area is 170 Å². The predicted molar refractivity (Wildman–Crippen MR) is 110 cm³/mol. The number of aryl methyl sites for hydroxylation is 1. The van der Waals surface area contributed by atoms with Crippen molar-refractivity contribution >= 4 is 51.4 Å². The van der Waals surface area contributed by atoms with Gasteiger partial charge >= 0.3 is 0 Å². The summed E-state index contributed by atoms with van der Waals surface area (Å²) in [5.74, 6) is 0.586. The SMILES string of the molecule is CCc1[nH]c2nc(Sc3cnc4nccnc4c3)nc(NC[C@H](C)O)c2c1Cl. The van der Waals surface area contributed by atoms with E-state index in [-0.39, 0.29) is 0 Å². The molecule has 4 aromatic heterocycles. The van der Waals surface area contributed by atoms with Crippen molar-refractivity contribution in [1.29, 1.82) is 0 Å². The Morgan fingerprint density at radius 2 is 2.07 bits per heavy atom. The van der Waals surface area contributed by atoms with Gasteiger partial charge < -0.3 is 15.4 Å². The Hall–Kier alpha value is -2.49. The molecule has 0 unspecified atom stereocenters. The van der Waals surface area contributed by atoms with Crippen LogP contribution in [-0.2, 0) is 6.42 Å². The smallest absolute Gasteiger partial charge is 0.196 e. The minimum absolute atomic E-state index is 0.353. The van der Waals surface area contributed by atoms with Gasteiger partial charge in [-0.05, 0) is 31.2 Å². The van der Waals surface area contributed by atoms with Gasteiger partial charge in [-0.1, -0.05) is 18.5 Å². The van der Waals surface area contributed by atoms with E-state index in [1.165, 1.54) is 11.8 Å². The molecule has 0 amide bonds. The fourth-order valence-electron chi connectivity index (χ4n) is 2.75. The highest BCUT2D eigenvalue weighted by Crippen LogP contribution is 2.35. The Bertz CT molecular complexity index is 1150. The van der Waals surface area contributed by atoms with Gasteiger partial charge in [-0.15, -0.1) is 0 Å². The highest BCUT2D eigenvalue weighted by Gasteiger charge is 2.17. The van der Waals surface area contributed by atoms with Crippen LogP contribution in [0.15, 0.2) is 34.7 Å². The zero-order valence-electron chi connectivity index (χ0n) is 15.3. The van der Waals surface area contributed by atoms with Crippen molar-refractivity contribution in [2.75, 3.05) is 11.9 Å². The minimum atomic E-state index is -0.521. The summed E-state index contributed by atoms with van der Waals surface area (Å²) in [6.07, 6.45) is 5.19. The second-order valence-corrected chi connectivity index (χ2v) is 7.67. The highest BCUT2D eigenvalue weighted by molar-refractivity contribution is 7.99. The van der Waals surface area contributed by atoms with Crippen molar-refractivity contribution < 1.29 is 5.11 Å². The number of fused-ring (bicyclic) bond motifs is 2. The number of nitrogens with one attached hydrogen (secondary N) is 2. The summed E-state index contributed by atoms with van der Waals surface area (Å²) in [4.78, 5) is 26.1. The van der Waals surface area contributed by atoms with E-state index in [4.69, 9.17) is 11.6 Å². The van der Waals surface area contributed by atoms with E-state index >= 15 is 0 Å². The van der Waals surface area contributed by atoms with Crippen molar-refractivity contribution in [3.8, 4) is 0 Å². The summed E-state index contributed by atoms with van der Waals surface area (Å²) in [5, 5.41) is 14.7. The normalized spacial score (nSPS) is 12.6. The molecule has 4 rings (SSSR count). The first-order valence-electron chi connectivity index (χ1n) is 8.79. The van der Waals surface area contributed by atoms with E-state index in [1.807, 2.05) is 13.0 Å². The zero-order chi connectivity index (χ0) is 19.7. The standard InChI is InChI=1S/C18H18ClN7OS/c1-3-11-14(19)13-16(22-7-9(2)27)25-18(26-17(13)24-11)28-10-6-12-15(23-8-10)21-5-4-20-12/h4-6,8-9,27H,3,7H2,1-2H3,(H2,22,24,25,26)/t9-/m0/s1. The van der Waals surface area contributed by atoms with E-state index in [0.29, 0.717) is 39.4 Å². The zero-order valence-corrected chi connectivity index (χ0v) is 16.8. The average Bonchev–Trinajstić information content (AvgIpc) is 3.01. The molecule has 0 aromatic carbocycles. The topological polar surface area (TPSA) is 112 Å². The molecule has 0 aliphatic heterocycles. The molecule has 144 valence electrons. The number of aliphatic hydroxyl groups excluding tert-OH is 1. The van der Waals surface area contributed by atoms with Crippen LogP contribution in [0.3, 0.4) is 0 Å². The number of pyridine rings is 1. The summed E-state index contributed by atoms with van der Waals surface area (Å²) >= 11 is 7.88. The Kier molecular flexibility index (Phi) is 5.29. The van der Waals surface area contributed by atoms with Gasteiger partial charge in [0.25, 0.3) is 0 Å². The minimum Gasteiger partial charge on any atom is -0.392 e. The summed E-state index contributed by atoms with van der Waals surface area (Å²) in [6, 6.07) is 1.90. The fourth-order valence-corrected chi connectivity index (χ4v) is 3.87. The molecule has 0 radical (unpaired) electrons. The first-order valence-corrected chi connectivity index (χ1v) is 9.99. The van der Waals surface area contributed by atoms with Gasteiger partial charge in [-0.25, -0.2) is 19.9 Å². The van der Waals surface area contributed by atoms with Crippen LogP contribution in [0.1, 0.15) is 19.5 Å². The van der Waals surface area contributed by atoms with Crippen LogP contribution in [0.2, 0.25) is 5.02 Å². The summed E-state index contributed by atoms with van der Waals surface area (Å²) in [7, 11) is 0. The van der Waals surface area contributed by atoms with Gasteiger partial charge in [0.15, 0.2) is 10.8 Å². The number of aromatic amines is 1. The van der Waals surface area contributed by atoms with E-state index in [2.05, 4.69) is 35.2 Å². The second-order valence-electron chi connectivity index (χ2n) is 6.25. The lowest BCUT2D eigenvalue weighted by Crippen LogP contribution is -2.16. The molecule has 0 bridgehead atoms. The van der Waals surface area contributed by atoms with Gasteiger partial charge in [0, 0.05) is 35.7 Å². The Morgan fingerprint density at radius 1 is 1.25 bits per heavy atom. The number of hydrogen-bond donors (Lipinski definition) is 3. The molecule has 0 saturated heterocycles. The van der Waals surface area contributed by atoms with E-state index in [9.17, 15) is 5.11 Å². The third kappa shape index (κ3) is 3.73. The number of hydrogen-bond acceptors (Lipinski definition) is 8. The van der Waals surface area contributed by atoms with Crippen molar-refractivity contribution in [3.63, 3.8) is 0 Å². The van der Waals surface area contributed by atoms with Crippen LogP contribution < -0.4 is 5.32 Å². The molecule has 10 heteroatoms. The van der Waals surface area contributed by atoms with E-state index in [0.717, 1.165) is 22.4 Å². The van der Waals surface area contributed by atoms with Gasteiger partial charge in [0.1, 0.15) is 17.0 Å². The molecule has 8 nitrogen and oxygen atoms in total. The number of rotatable bonds is 6. The molecule has 0 aliphatic rings. The van der Waals surface area contributed by atoms with Crippen LogP contribution in [0.25, 0.3) is 22.2 Å². The molecular formula is C18H18ClN7OS. The van der Waals surface area contributed by atoms with Gasteiger partial charge in [-0.3, -0.25) is 4.98 Å². The number of halogens is 1. The molecule has 0 fully saturated rings. The number of nitrogens with zero attached hydrogens (tertiary/aromatic N) is 5. The van der Waals surface area contributed by atoms with Crippen molar-refractivity contribution in [3.05, 3.63) is 35.4 Å². The first-order chi connectivity index (χ1) is 13.5. The Morgan fingerprint density at radius 3 is 2.86 bits per heavy atom. The largest absolute Gasteiger partial charge is 0.392 e. The second kappa shape index (κ2) is 7.86. The third-order valence-electron chi connectivity index (χ3n) is 4.07. The quantitative estimate of drug-likeness (QED) is 0.410. The monoisotopic (exact) mass is 415 g/mol. The number of aromatic nitrogens is 6. The van der Waals surface area contributed by atoms with Crippen LogP contribution in [0.4, 0.5) is 5.82 Å².